The van der Waals surface area contributed by atoms with E-state index in [4.69, 9.17) is 9.47 Å². The second-order valence-corrected chi connectivity index (χ2v) is 13.2. The van der Waals surface area contributed by atoms with E-state index in [-0.39, 0.29) is 11.9 Å². The number of carbonyl (C=O) groups excluding carboxylic acids is 2. The monoisotopic (exact) mass is 480 g/mol. The molecule has 29 heavy (non-hydrogen) atoms. The highest BCUT2D eigenvalue weighted by atomic mass is 33.1. The van der Waals surface area contributed by atoms with Crippen molar-refractivity contribution < 1.29 is 19.1 Å². The Hall–Kier alpha value is 0.340. The minimum atomic E-state index is -0.0699. The van der Waals surface area contributed by atoms with Gasteiger partial charge in [0.05, 0.1) is 13.2 Å². The van der Waals surface area contributed by atoms with Crippen LogP contribution in [-0.2, 0) is 19.1 Å². The lowest BCUT2D eigenvalue weighted by atomic mass is 10.1. The molecule has 0 aliphatic carbocycles. The molecule has 4 nitrogen and oxygen atoms in total. The molecule has 168 valence electrons. The third kappa shape index (κ3) is 13.4. The molecule has 2 atom stereocenters. The molecular weight excluding hydrogens is 444 g/mol. The summed E-state index contributed by atoms with van der Waals surface area (Å²) in [5, 5.41) is 1.58. The lowest BCUT2D eigenvalue weighted by Gasteiger charge is -2.08. The molecular formula is C21H36O4S4. The minimum absolute atomic E-state index is 0.0699. The molecule has 2 heterocycles. The zero-order valence-corrected chi connectivity index (χ0v) is 20.7. The summed E-state index contributed by atoms with van der Waals surface area (Å²) in [6.45, 7) is 0.971. The van der Waals surface area contributed by atoms with Gasteiger partial charge in [-0.2, -0.15) is 0 Å². The number of esters is 2. The summed E-state index contributed by atoms with van der Waals surface area (Å²) in [5.41, 5.74) is 0. The standard InChI is InChI=1S/C21H36O4S4/c22-20(10-4-2-8-18-12-16-26-28-18)24-14-6-1-7-15-25-21(23)11-5-3-9-19-13-17-27-29-19/h18-19H,1-17H2. The van der Waals surface area contributed by atoms with Crippen LogP contribution in [0.1, 0.15) is 83.5 Å². The van der Waals surface area contributed by atoms with Crippen LogP contribution in [0.5, 0.6) is 0 Å². The van der Waals surface area contributed by atoms with Crippen LogP contribution >= 0.6 is 43.2 Å². The number of hydrogen-bond donors (Lipinski definition) is 0. The van der Waals surface area contributed by atoms with Crippen LogP contribution in [0.2, 0.25) is 0 Å². The smallest absolute Gasteiger partial charge is 0.305 e. The second-order valence-electron chi connectivity index (χ2n) is 7.65. The average molecular weight is 481 g/mol. The first kappa shape index (κ1) is 25.6. The normalized spacial score (nSPS) is 21.4. The van der Waals surface area contributed by atoms with Gasteiger partial charge in [-0.1, -0.05) is 56.0 Å². The van der Waals surface area contributed by atoms with Crippen molar-refractivity contribution in [3.05, 3.63) is 0 Å². The second kappa shape index (κ2) is 17.0. The molecule has 2 rings (SSSR count). The Kier molecular flexibility index (Phi) is 15.0. The molecule has 0 amide bonds. The van der Waals surface area contributed by atoms with Gasteiger partial charge in [0.15, 0.2) is 0 Å². The van der Waals surface area contributed by atoms with Crippen molar-refractivity contribution in [1.82, 2.24) is 0 Å². The Morgan fingerprint density at radius 3 is 1.55 bits per heavy atom. The lowest BCUT2D eigenvalue weighted by molar-refractivity contribution is -0.144. The number of rotatable bonds is 16. The Bertz CT molecular complexity index is 412. The fourth-order valence-electron chi connectivity index (χ4n) is 3.31. The predicted molar refractivity (Wildman–Crippen MR) is 130 cm³/mol. The Balaban J connectivity index is 1.29. The minimum Gasteiger partial charge on any atom is -0.466 e. The Labute approximate surface area is 192 Å². The molecule has 8 heteroatoms. The number of ether oxygens (including phenoxy) is 2. The van der Waals surface area contributed by atoms with Crippen molar-refractivity contribution in [2.75, 3.05) is 24.7 Å². The first-order valence-electron chi connectivity index (χ1n) is 11.1. The van der Waals surface area contributed by atoms with Crippen molar-refractivity contribution in [2.45, 2.75) is 94.0 Å². The number of hydrogen-bond acceptors (Lipinski definition) is 8. The molecule has 0 aromatic rings. The average Bonchev–Trinajstić information content (AvgIpc) is 3.42. The summed E-state index contributed by atoms with van der Waals surface area (Å²) < 4.78 is 10.6. The van der Waals surface area contributed by atoms with Crippen molar-refractivity contribution in [3.63, 3.8) is 0 Å². The molecule has 2 saturated heterocycles. The van der Waals surface area contributed by atoms with Crippen LogP contribution in [0.25, 0.3) is 0 Å². The highest BCUT2D eigenvalue weighted by molar-refractivity contribution is 8.77. The Morgan fingerprint density at radius 2 is 1.14 bits per heavy atom. The highest BCUT2D eigenvalue weighted by Gasteiger charge is 2.16. The van der Waals surface area contributed by atoms with Crippen LogP contribution in [0.15, 0.2) is 0 Å². The summed E-state index contributed by atoms with van der Waals surface area (Å²) in [4.78, 5) is 23.4. The SMILES string of the molecule is O=C(CCCCC1CCSS1)OCCCCCOC(=O)CCCCC1CCSS1. The zero-order chi connectivity index (χ0) is 20.6. The van der Waals surface area contributed by atoms with E-state index in [0.717, 1.165) is 55.4 Å². The molecule has 2 aliphatic heterocycles. The molecule has 0 bridgehead atoms. The van der Waals surface area contributed by atoms with E-state index in [2.05, 4.69) is 0 Å². The van der Waals surface area contributed by atoms with E-state index in [0.29, 0.717) is 26.1 Å². The van der Waals surface area contributed by atoms with Gasteiger partial charge in [0, 0.05) is 34.8 Å². The van der Waals surface area contributed by atoms with Crippen LogP contribution < -0.4 is 0 Å². The van der Waals surface area contributed by atoms with Gasteiger partial charge in [-0.05, 0) is 57.8 Å². The molecule has 2 unspecified atom stereocenters. The van der Waals surface area contributed by atoms with Gasteiger partial charge in [-0.25, -0.2) is 0 Å². The summed E-state index contributed by atoms with van der Waals surface area (Å²) in [6, 6.07) is 0. The van der Waals surface area contributed by atoms with Crippen LogP contribution in [-0.4, -0.2) is 47.2 Å². The first-order chi connectivity index (χ1) is 14.2. The van der Waals surface area contributed by atoms with Crippen molar-refractivity contribution in [2.24, 2.45) is 0 Å². The van der Waals surface area contributed by atoms with Gasteiger partial charge in [-0.15, -0.1) is 0 Å². The fraction of sp³-hybridized carbons (Fsp3) is 0.905. The number of carbonyl (C=O) groups is 2. The number of unbranched alkanes of at least 4 members (excludes halogenated alkanes) is 4. The molecule has 0 aromatic heterocycles. The highest BCUT2D eigenvalue weighted by Crippen LogP contribution is 2.40. The molecule has 0 radical (unpaired) electrons. The van der Waals surface area contributed by atoms with Crippen LogP contribution in [0, 0.1) is 0 Å². The van der Waals surface area contributed by atoms with Crippen LogP contribution in [0.3, 0.4) is 0 Å². The third-order valence-corrected chi connectivity index (χ3v) is 11.1. The zero-order valence-electron chi connectivity index (χ0n) is 17.4. The molecule has 2 aliphatic rings. The van der Waals surface area contributed by atoms with E-state index in [1.807, 2.05) is 43.2 Å². The predicted octanol–water partition coefficient (Wildman–Crippen LogP) is 6.67. The van der Waals surface area contributed by atoms with Gasteiger partial charge in [-0.3, -0.25) is 9.59 Å². The van der Waals surface area contributed by atoms with Crippen LogP contribution in [0.4, 0.5) is 0 Å². The fourth-order valence-corrected chi connectivity index (χ4v) is 9.36. The topological polar surface area (TPSA) is 52.6 Å². The van der Waals surface area contributed by atoms with Crippen molar-refractivity contribution in [1.29, 1.82) is 0 Å². The van der Waals surface area contributed by atoms with Gasteiger partial charge in [0.2, 0.25) is 0 Å². The van der Waals surface area contributed by atoms with Gasteiger partial charge >= 0.3 is 11.9 Å². The van der Waals surface area contributed by atoms with E-state index >= 15 is 0 Å². The maximum absolute atomic E-state index is 11.7. The van der Waals surface area contributed by atoms with Crippen molar-refractivity contribution in [3.8, 4) is 0 Å². The Morgan fingerprint density at radius 1 is 0.655 bits per heavy atom. The lowest BCUT2D eigenvalue weighted by Crippen LogP contribution is -2.08. The van der Waals surface area contributed by atoms with E-state index in [9.17, 15) is 9.59 Å². The van der Waals surface area contributed by atoms with Gasteiger partial charge in [0.25, 0.3) is 0 Å². The quantitative estimate of drug-likeness (QED) is 0.138. The molecule has 0 spiro atoms. The van der Waals surface area contributed by atoms with E-state index in [1.165, 1.54) is 37.2 Å². The summed E-state index contributed by atoms with van der Waals surface area (Å²) >= 11 is 0. The molecule has 0 saturated carbocycles. The van der Waals surface area contributed by atoms with Gasteiger partial charge in [0.1, 0.15) is 0 Å². The summed E-state index contributed by atoms with van der Waals surface area (Å²) in [5.74, 6) is 2.41. The summed E-state index contributed by atoms with van der Waals surface area (Å²) in [7, 11) is 7.95. The largest absolute Gasteiger partial charge is 0.466 e. The molecule has 0 N–H and O–H groups in total. The molecule has 0 aromatic carbocycles. The van der Waals surface area contributed by atoms with E-state index in [1.54, 1.807) is 0 Å². The van der Waals surface area contributed by atoms with Gasteiger partial charge < -0.3 is 9.47 Å². The molecule has 2 fully saturated rings. The third-order valence-electron chi connectivity index (χ3n) is 5.08. The van der Waals surface area contributed by atoms with Crippen molar-refractivity contribution >= 4 is 55.1 Å². The maximum atomic E-state index is 11.7. The summed E-state index contributed by atoms with van der Waals surface area (Å²) in [6.07, 6.45) is 12.9. The first-order valence-corrected chi connectivity index (χ1v) is 15.9. The maximum Gasteiger partial charge on any atom is 0.305 e. The van der Waals surface area contributed by atoms with E-state index < -0.39 is 0 Å².